The number of nitrogens with zero attached hydrogens (tertiary/aromatic N) is 5. The van der Waals surface area contributed by atoms with Crippen molar-refractivity contribution in [2.75, 3.05) is 6.54 Å². The van der Waals surface area contributed by atoms with Crippen LogP contribution in [0.25, 0.3) is 11.3 Å². The number of hydrogen-bond donors (Lipinski definition) is 1. The van der Waals surface area contributed by atoms with E-state index in [0.29, 0.717) is 23.9 Å². The predicted molar refractivity (Wildman–Crippen MR) is 112 cm³/mol. The molecule has 0 radical (unpaired) electrons. The molecule has 1 amide bonds. The number of imidazole rings is 1. The molecule has 1 N–H and O–H groups in total. The van der Waals surface area contributed by atoms with Gasteiger partial charge in [-0.1, -0.05) is 18.2 Å². The molecule has 1 aliphatic heterocycles. The molecule has 0 fully saturated rings. The van der Waals surface area contributed by atoms with E-state index in [9.17, 15) is 23.1 Å². The number of amides is 1. The molecule has 0 bridgehead atoms. The lowest BCUT2D eigenvalue weighted by atomic mass is 10.0. The normalized spacial score (nSPS) is 17.7. The first-order valence-corrected chi connectivity index (χ1v) is 10.2. The molecule has 10 heteroatoms. The van der Waals surface area contributed by atoms with Gasteiger partial charge in [-0.15, -0.1) is 0 Å². The van der Waals surface area contributed by atoms with Gasteiger partial charge < -0.3 is 14.6 Å². The number of fused-ring (bicyclic) bond motifs is 1. The Morgan fingerprint density at radius 2 is 1.91 bits per heavy atom. The first-order chi connectivity index (χ1) is 15.5. The summed E-state index contributed by atoms with van der Waals surface area (Å²) in [4.78, 5) is 22.9. The molecule has 4 rings (SSSR count). The van der Waals surface area contributed by atoms with E-state index >= 15 is 0 Å². The summed E-state index contributed by atoms with van der Waals surface area (Å²) in [5.74, 6) is -0.862. The Morgan fingerprint density at radius 1 is 1.21 bits per heavy atom. The lowest BCUT2D eigenvalue weighted by Crippen LogP contribution is -2.45. The van der Waals surface area contributed by atoms with Crippen LogP contribution in [0.3, 0.4) is 0 Å². The van der Waals surface area contributed by atoms with Crippen LogP contribution in [0, 0.1) is 11.3 Å². The quantitative estimate of drug-likeness (QED) is 0.648. The van der Waals surface area contributed by atoms with Crippen LogP contribution >= 0.6 is 0 Å². The molecule has 7 nitrogen and oxygen atoms in total. The van der Waals surface area contributed by atoms with E-state index in [4.69, 9.17) is 5.26 Å². The molecule has 0 unspecified atom stereocenters. The molecule has 33 heavy (non-hydrogen) atoms. The zero-order chi connectivity index (χ0) is 24.0. The van der Waals surface area contributed by atoms with Gasteiger partial charge in [0, 0.05) is 12.1 Å². The minimum absolute atomic E-state index is 0.0346. The molecule has 3 heterocycles. The van der Waals surface area contributed by atoms with Gasteiger partial charge in [0.25, 0.3) is 5.91 Å². The zero-order valence-electron chi connectivity index (χ0n) is 17.8. The van der Waals surface area contributed by atoms with Crippen molar-refractivity contribution >= 4 is 5.91 Å². The highest BCUT2D eigenvalue weighted by molar-refractivity contribution is 5.93. The average molecular weight is 455 g/mol. The van der Waals surface area contributed by atoms with Crippen molar-refractivity contribution in [3.63, 3.8) is 0 Å². The number of hydrogen-bond acceptors (Lipinski definition) is 5. The number of pyridine rings is 1. The second kappa shape index (κ2) is 8.01. The summed E-state index contributed by atoms with van der Waals surface area (Å²) in [6, 6.07) is 13.3. The van der Waals surface area contributed by atoms with E-state index in [1.54, 1.807) is 49.4 Å². The fourth-order valence-corrected chi connectivity index (χ4v) is 3.90. The molecular formula is C23H20F3N5O2. The van der Waals surface area contributed by atoms with Crippen LogP contribution in [0.1, 0.15) is 47.5 Å². The van der Waals surface area contributed by atoms with Crippen molar-refractivity contribution in [1.82, 2.24) is 19.4 Å². The van der Waals surface area contributed by atoms with Gasteiger partial charge in [-0.05, 0) is 38.1 Å². The van der Waals surface area contributed by atoms with Crippen LogP contribution in [0.15, 0.2) is 48.7 Å². The van der Waals surface area contributed by atoms with Crippen LogP contribution in [0.2, 0.25) is 0 Å². The van der Waals surface area contributed by atoms with Gasteiger partial charge in [0.05, 0.1) is 41.8 Å². The number of halogens is 3. The molecule has 170 valence electrons. The number of aliphatic hydroxyl groups is 1. The zero-order valence-corrected chi connectivity index (χ0v) is 17.8. The van der Waals surface area contributed by atoms with Crippen LogP contribution in [0.4, 0.5) is 13.2 Å². The van der Waals surface area contributed by atoms with E-state index in [1.165, 1.54) is 15.7 Å². The number of rotatable bonds is 3. The first-order valence-electron chi connectivity index (χ1n) is 10.2. The number of carbonyl (C=O) groups is 1. The Hall–Kier alpha value is -3.71. The van der Waals surface area contributed by atoms with Crippen molar-refractivity contribution < 1.29 is 23.1 Å². The van der Waals surface area contributed by atoms with E-state index in [2.05, 4.69) is 9.97 Å². The highest BCUT2D eigenvalue weighted by atomic mass is 19.4. The van der Waals surface area contributed by atoms with E-state index in [0.717, 1.165) is 5.56 Å². The van der Waals surface area contributed by atoms with Gasteiger partial charge in [-0.3, -0.25) is 4.79 Å². The third-order valence-electron chi connectivity index (χ3n) is 5.70. The van der Waals surface area contributed by atoms with Gasteiger partial charge in [-0.25, -0.2) is 9.97 Å². The summed E-state index contributed by atoms with van der Waals surface area (Å²) < 4.78 is 41.4. The number of carbonyl (C=O) groups excluding carboxylic acids is 1. The topological polar surface area (TPSA) is 95.0 Å². The van der Waals surface area contributed by atoms with Crippen LogP contribution in [-0.4, -0.2) is 43.2 Å². The monoisotopic (exact) mass is 455 g/mol. The maximum atomic E-state index is 13.3. The minimum Gasteiger partial charge on any atom is -0.374 e. The van der Waals surface area contributed by atoms with E-state index in [-0.39, 0.29) is 24.7 Å². The first kappa shape index (κ1) is 22.5. The fraction of sp³-hybridized carbons (Fsp3) is 0.304. The maximum Gasteiger partial charge on any atom is 0.424 e. The second-order valence-corrected chi connectivity index (χ2v) is 8.15. The van der Waals surface area contributed by atoms with Crippen molar-refractivity contribution in [3.05, 3.63) is 71.4 Å². The Kier molecular flexibility index (Phi) is 5.46. The second-order valence-electron chi connectivity index (χ2n) is 8.15. The van der Waals surface area contributed by atoms with E-state index in [1.807, 2.05) is 6.07 Å². The van der Waals surface area contributed by atoms with Crippen LogP contribution in [0.5, 0.6) is 0 Å². The Bertz CT molecular complexity index is 1240. The van der Waals surface area contributed by atoms with Gasteiger partial charge in [0.15, 0.2) is 5.82 Å². The molecule has 0 aliphatic carbocycles. The van der Waals surface area contributed by atoms with Gasteiger partial charge in [0.2, 0.25) is 5.60 Å². The summed E-state index contributed by atoms with van der Waals surface area (Å²) in [7, 11) is 0. The van der Waals surface area contributed by atoms with E-state index < -0.39 is 23.6 Å². The molecule has 0 spiro atoms. The smallest absolute Gasteiger partial charge is 0.374 e. The molecule has 0 saturated carbocycles. The number of benzene rings is 1. The number of alkyl halides is 3. The lowest BCUT2D eigenvalue weighted by molar-refractivity contribution is -0.263. The molecule has 3 aromatic rings. The SMILES string of the molecule is C[C@H]1CN(C(=O)c2cccc(-c3ccc(C#N)cc3)n2)Cc2cnc([C@@](C)(O)C(F)(F)F)n21. The molecule has 2 aromatic heterocycles. The number of aromatic nitrogens is 3. The van der Waals surface area contributed by atoms with Gasteiger partial charge in [-0.2, -0.15) is 18.4 Å². The summed E-state index contributed by atoms with van der Waals surface area (Å²) >= 11 is 0. The van der Waals surface area contributed by atoms with Crippen molar-refractivity contribution in [2.45, 2.75) is 38.2 Å². The van der Waals surface area contributed by atoms with Crippen LogP contribution < -0.4 is 0 Å². The van der Waals surface area contributed by atoms with Crippen LogP contribution in [-0.2, 0) is 12.1 Å². The van der Waals surface area contributed by atoms with Crippen molar-refractivity contribution in [2.24, 2.45) is 0 Å². The highest BCUT2D eigenvalue weighted by Gasteiger charge is 2.55. The summed E-state index contributed by atoms with van der Waals surface area (Å²) in [6.45, 7) is 2.51. The Morgan fingerprint density at radius 3 is 2.55 bits per heavy atom. The minimum atomic E-state index is -4.89. The third-order valence-corrected chi connectivity index (χ3v) is 5.70. The standard InChI is InChI=1S/C23H20F3N5O2/c1-14-12-30(13-17-11-28-21(31(14)17)22(2,33)23(24,25)26)20(32)19-5-3-4-18(29-19)16-8-6-15(10-27)7-9-16/h3-9,11,14,33H,12-13H2,1-2H3/t14-,22+/m0/s1. The molecule has 1 aromatic carbocycles. The molecule has 1 aliphatic rings. The number of nitriles is 1. The highest BCUT2D eigenvalue weighted by Crippen LogP contribution is 2.40. The van der Waals surface area contributed by atoms with Crippen molar-refractivity contribution in [3.8, 4) is 17.3 Å². The summed E-state index contributed by atoms with van der Waals surface area (Å²) in [5, 5.41) is 19.0. The van der Waals surface area contributed by atoms with Crippen molar-refractivity contribution in [1.29, 1.82) is 5.26 Å². The van der Waals surface area contributed by atoms with Gasteiger partial charge >= 0.3 is 6.18 Å². The molecule has 0 saturated heterocycles. The predicted octanol–water partition coefficient (Wildman–Crippen LogP) is 3.80. The van der Waals surface area contributed by atoms with Gasteiger partial charge in [0.1, 0.15) is 5.69 Å². The Balaban J connectivity index is 1.60. The average Bonchev–Trinajstić information content (AvgIpc) is 3.23. The fourth-order valence-electron chi connectivity index (χ4n) is 3.90. The molecule has 2 atom stereocenters. The summed E-state index contributed by atoms with van der Waals surface area (Å²) in [6.07, 6.45) is -3.64. The largest absolute Gasteiger partial charge is 0.424 e. The maximum absolute atomic E-state index is 13.3. The Labute approximate surface area is 187 Å². The third kappa shape index (κ3) is 3.96. The summed E-state index contributed by atoms with van der Waals surface area (Å²) in [5.41, 5.74) is -0.710. The molecular weight excluding hydrogens is 435 g/mol. The lowest BCUT2D eigenvalue weighted by Gasteiger charge is -2.36.